The van der Waals surface area contributed by atoms with Crippen LogP contribution >= 0.6 is 11.3 Å². The van der Waals surface area contributed by atoms with Gasteiger partial charge < -0.3 is 14.8 Å². The summed E-state index contributed by atoms with van der Waals surface area (Å²) in [7, 11) is 1.55. The number of aromatic nitrogens is 3. The van der Waals surface area contributed by atoms with Crippen molar-refractivity contribution in [1.29, 1.82) is 0 Å². The van der Waals surface area contributed by atoms with Crippen LogP contribution in [-0.4, -0.2) is 27.8 Å². The summed E-state index contributed by atoms with van der Waals surface area (Å²) < 4.78 is 13.1. The number of carbonyl (C=O) groups excluding carboxylic acids is 1. The molecule has 8 heteroatoms. The Morgan fingerprint density at radius 2 is 1.88 bits per heavy atom. The van der Waals surface area contributed by atoms with Crippen LogP contribution in [0.1, 0.15) is 48.1 Å². The molecular weight excluding hydrogens is 448 g/mol. The number of benzene rings is 2. The van der Waals surface area contributed by atoms with E-state index in [0.29, 0.717) is 36.0 Å². The van der Waals surface area contributed by atoms with Crippen molar-refractivity contribution in [2.75, 3.05) is 12.4 Å². The van der Waals surface area contributed by atoms with Gasteiger partial charge in [0.25, 0.3) is 5.91 Å². The van der Waals surface area contributed by atoms with Crippen molar-refractivity contribution in [3.05, 3.63) is 88.0 Å². The second kappa shape index (κ2) is 10.1. The van der Waals surface area contributed by atoms with Crippen LogP contribution in [0.15, 0.2) is 65.5 Å². The fraction of sp³-hybridized carbons (Fsp3) is 0.269. The van der Waals surface area contributed by atoms with Crippen LogP contribution < -0.4 is 14.8 Å². The van der Waals surface area contributed by atoms with Gasteiger partial charge in [-0.1, -0.05) is 51.1 Å². The minimum Gasteiger partial charge on any atom is -0.493 e. The number of amides is 1. The first-order valence-corrected chi connectivity index (χ1v) is 11.9. The Balaban J connectivity index is 1.54. The van der Waals surface area contributed by atoms with Gasteiger partial charge in [-0.2, -0.15) is 5.10 Å². The number of hydrogen-bond acceptors (Lipinski definition) is 6. The standard InChI is InChI=1S/C26H28N4O3S/c1-26(2,3)23-13-24(30(29-23)14-18-8-6-5-7-9-18)28-25(31)19-10-11-21(22(12-19)32-4)33-15-20-16-34-17-27-20/h5-13,16-17H,14-15H2,1-4H3,(H,28,31). The Morgan fingerprint density at radius 3 is 2.56 bits per heavy atom. The predicted octanol–water partition coefficient (Wildman–Crippen LogP) is 5.53. The monoisotopic (exact) mass is 476 g/mol. The van der Waals surface area contributed by atoms with Crippen LogP contribution in [0.2, 0.25) is 0 Å². The largest absolute Gasteiger partial charge is 0.493 e. The second-order valence-corrected chi connectivity index (χ2v) is 9.61. The molecule has 2 aromatic heterocycles. The van der Waals surface area contributed by atoms with E-state index in [9.17, 15) is 4.79 Å². The van der Waals surface area contributed by atoms with Crippen molar-refractivity contribution in [1.82, 2.24) is 14.8 Å². The molecule has 2 aromatic carbocycles. The number of anilines is 1. The number of rotatable bonds is 8. The second-order valence-electron chi connectivity index (χ2n) is 8.90. The fourth-order valence-corrected chi connectivity index (χ4v) is 3.88. The van der Waals surface area contributed by atoms with Gasteiger partial charge in [0.05, 0.1) is 30.6 Å². The van der Waals surface area contributed by atoms with Crippen molar-refractivity contribution in [2.24, 2.45) is 0 Å². The lowest BCUT2D eigenvalue weighted by atomic mass is 9.92. The number of nitrogens with zero attached hydrogens (tertiary/aromatic N) is 3. The molecule has 4 rings (SSSR count). The molecule has 176 valence electrons. The summed E-state index contributed by atoms with van der Waals surface area (Å²) in [5, 5.41) is 9.72. The highest BCUT2D eigenvalue weighted by Crippen LogP contribution is 2.30. The van der Waals surface area contributed by atoms with Gasteiger partial charge in [-0.15, -0.1) is 11.3 Å². The summed E-state index contributed by atoms with van der Waals surface area (Å²) in [6, 6.07) is 17.1. The normalized spacial score (nSPS) is 11.3. The van der Waals surface area contributed by atoms with Gasteiger partial charge in [0.1, 0.15) is 12.4 Å². The van der Waals surface area contributed by atoms with Crippen molar-refractivity contribution in [3.63, 3.8) is 0 Å². The zero-order valence-electron chi connectivity index (χ0n) is 19.7. The van der Waals surface area contributed by atoms with E-state index in [0.717, 1.165) is 17.0 Å². The van der Waals surface area contributed by atoms with E-state index in [1.54, 1.807) is 30.8 Å². The predicted molar refractivity (Wildman–Crippen MR) is 134 cm³/mol. The first-order chi connectivity index (χ1) is 16.3. The quantitative estimate of drug-likeness (QED) is 0.362. The number of nitrogens with one attached hydrogen (secondary N) is 1. The van der Waals surface area contributed by atoms with Gasteiger partial charge in [-0.25, -0.2) is 9.67 Å². The smallest absolute Gasteiger partial charge is 0.256 e. The third kappa shape index (κ3) is 5.63. The van der Waals surface area contributed by atoms with Crippen molar-refractivity contribution in [3.8, 4) is 11.5 Å². The molecule has 0 fully saturated rings. The lowest BCUT2D eigenvalue weighted by Crippen LogP contribution is -2.16. The van der Waals surface area contributed by atoms with Crippen molar-refractivity contribution >= 4 is 23.1 Å². The Hall–Kier alpha value is -3.65. The van der Waals surface area contributed by atoms with Gasteiger partial charge in [0.15, 0.2) is 11.5 Å². The van der Waals surface area contributed by atoms with E-state index in [1.807, 2.05) is 46.5 Å². The zero-order valence-corrected chi connectivity index (χ0v) is 20.6. The molecule has 4 aromatic rings. The van der Waals surface area contributed by atoms with Gasteiger partial charge in [0, 0.05) is 22.4 Å². The van der Waals surface area contributed by atoms with Crippen molar-refractivity contribution in [2.45, 2.75) is 39.3 Å². The fourth-order valence-electron chi connectivity index (χ4n) is 3.34. The van der Waals surface area contributed by atoms with E-state index < -0.39 is 0 Å². The zero-order chi connectivity index (χ0) is 24.1. The highest BCUT2D eigenvalue weighted by atomic mass is 32.1. The molecule has 0 saturated carbocycles. The van der Waals surface area contributed by atoms with E-state index in [1.165, 1.54) is 11.3 Å². The first kappa shape index (κ1) is 23.5. The van der Waals surface area contributed by atoms with Crippen LogP contribution in [0.4, 0.5) is 5.82 Å². The van der Waals surface area contributed by atoms with Crippen LogP contribution in [0.25, 0.3) is 0 Å². The maximum Gasteiger partial charge on any atom is 0.256 e. The van der Waals surface area contributed by atoms with E-state index in [4.69, 9.17) is 14.6 Å². The number of methoxy groups -OCH3 is 1. The molecule has 0 aliphatic heterocycles. The molecule has 0 saturated heterocycles. The van der Waals surface area contributed by atoms with E-state index in [-0.39, 0.29) is 11.3 Å². The summed E-state index contributed by atoms with van der Waals surface area (Å²) in [5.41, 5.74) is 4.92. The summed E-state index contributed by atoms with van der Waals surface area (Å²) in [6.07, 6.45) is 0. The SMILES string of the molecule is COc1cc(C(=O)Nc2cc(C(C)(C)C)nn2Cc2ccccc2)ccc1OCc1cscn1. The van der Waals surface area contributed by atoms with Gasteiger partial charge in [0.2, 0.25) is 0 Å². The highest BCUT2D eigenvalue weighted by Gasteiger charge is 2.22. The first-order valence-electron chi connectivity index (χ1n) is 10.9. The maximum atomic E-state index is 13.1. The number of hydrogen-bond donors (Lipinski definition) is 1. The average molecular weight is 477 g/mol. The van der Waals surface area contributed by atoms with Crippen LogP contribution in [0.3, 0.4) is 0 Å². The minimum absolute atomic E-state index is 0.152. The number of carbonyl (C=O) groups is 1. The molecule has 0 radical (unpaired) electrons. The molecule has 0 spiro atoms. The summed E-state index contributed by atoms with van der Waals surface area (Å²) in [4.78, 5) is 17.4. The Bertz CT molecular complexity index is 1250. The molecule has 0 aliphatic carbocycles. The molecule has 0 unspecified atom stereocenters. The molecule has 2 heterocycles. The molecule has 1 amide bonds. The van der Waals surface area contributed by atoms with Gasteiger partial charge >= 0.3 is 0 Å². The Kier molecular flexibility index (Phi) is 6.98. The van der Waals surface area contributed by atoms with Crippen molar-refractivity contribution < 1.29 is 14.3 Å². The minimum atomic E-state index is -0.251. The molecular formula is C26H28N4O3S. The molecule has 7 nitrogen and oxygen atoms in total. The topological polar surface area (TPSA) is 78.3 Å². The molecule has 0 bridgehead atoms. The van der Waals surface area contributed by atoms with Crippen LogP contribution in [0, 0.1) is 0 Å². The summed E-state index contributed by atoms with van der Waals surface area (Å²) in [6.45, 7) is 7.19. The average Bonchev–Trinajstić information content (AvgIpc) is 3.48. The molecule has 34 heavy (non-hydrogen) atoms. The maximum absolute atomic E-state index is 13.1. The Morgan fingerprint density at radius 1 is 1.09 bits per heavy atom. The Labute approximate surface area is 203 Å². The molecule has 0 aliphatic rings. The lowest BCUT2D eigenvalue weighted by molar-refractivity contribution is 0.102. The highest BCUT2D eigenvalue weighted by molar-refractivity contribution is 7.07. The van der Waals surface area contributed by atoms with Crippen LogP contribution in [-0.2, 0) is 18.6 Å². The number of thiazole rings is 1. The van der Waals surface area contributed by atoms with Crippen LogP contribution in [0.5, 0.6) is 11.5 Å². The van der Waals surface area contributed by atoms with Gasteiger partial charge in [-0.3, -0.25) is 4.79 Å². The molecule has 1 N–H and O–H groups in total. The van der Waals surface area contributed by atoms with E-state index in [2.05, 4.69) is 31.1 Å². The lowest BCUT2D eigenvalue weighted by Gasteiger charge is -2.14. The summed E-state index contributed by atoms with van der Waals surface area (Å²) >= 11 is 1.51. The number of ether oxygens (including phenoxy) is 2. The summed E-state index contributed by atoms with van der Waals surface area (Å²) in [5.74, 6) is 1.42. The van der Waals surface area contributed by atoms with E-state index >= 15 is 0 Å². The van der Waals surface area contributed by atoms with Gasteiger partial charge in [-0.05, 0) is 23.8 Å². The third-order valence-corrected chi connectivity index (χ3v) is 5.89. The molecule has 0 atom stereocenters. The third-order valence-electron chi connectivity index (χ3n) is 5.25.